The summed E-state index contributed by atoms with van der Waals surface area (Å²) in [5.41, 5.74) is 10.6. The number of H-pyrrole nitrogens is 1. The largest absolute Gasteiger partial charge is 0.340 e. The zero-order valence-electron chi connectivity index (χ0n) is 34.0. The Kier molecular flexibility index (Phi) is 11.4. The van der Waals surface area contributed by atoms with Crippen molar-refractivity contribution in [2.24, 2.45) is 0 Å². The van der Waals surface area contributed by atoms with Gasteiger partial charge in [0, 0.05) is 13.1 Å². The van der Waals surface area contributed by atoms with Gasteiger partial charge in [-0.25, -0.2) is 4.98 Å². The smallest absolute Gasteiger partial charge is 0.245 e. The van der Waals surface area contributed by atoms with E-state index in [1.807, 2.05) is 110 Å². The zero-order chi connectivity index (χ0) is 40.3. The lowest BCUT2D eigenvalue weighted by Gasteiger charge is -2.33. The molecule has 3 heterocycles. The number of rotatable bonds is 11. The third kappa shape index (κ3) is 7.87. The van der Waals surface area contributed by atoms with E-state index in [0.29, 0.717) is 0 Å². The van der Waals surface area contributed by atoms with Crippen LogP contribution in [-0.4, -0.2) is 82.7 Å². The van der Waals surface area contributed by atoms with Gasteiger partial charge in [-0.1, -0.05) is 127 Å². The van der Waals surface area contributed by atoms with Crippen molar-refractivity contribution >= 4 is 11.8 Å². The van der Waals surface area contributed by atoms with E-state index in [1.54, 1.807) is 0 Å². The van der Waals surface area contributed by atoms with E-state index in [-0.39, 0.29) is 36.0 Å². The van der Waals surface area contributed by atoms with Crippen molar-refractivity contribution in [3.63, 3.8) is 0 Å². The Labute approximate surface area is 343 Å². The molecule has 8 heteroatoms. The van der Waals surface area contributed by atoms with Crippen LogP contribution in [0.5, 0.6) is 0 Å². The summed E-state index contributed by atoms with van der Waals surface area (Å²) in [5, 5.41) is 0. The highest BCUT2D eigenvalue weighted by molar-refractivity contribution is 5.85. The number of aromatic amines is 1. The molecule has 8 rings (SSSR count). The Balaban J connectivity index is 0.935. The molecule has 1 N–H and O–H groups in total. The third-order valence-corrected chi connectivity index (χ3v) is 12.0. The molecule has 1 aromatic heterocycles. The molecule has 0 aliphatic carbocycles. The molecule has 6 aromatic rings. The van der Waals surface area contributed by atoms with E-state index in [0.717, 1.165) is 100 Å². The molecule has 2 aliphatic heterocycles. The van der Waals surface area contributed by atoms with Crippen LogP contribution in [0.2, 0.25) is 0 Å². The molecule has 1 radical (unpaired) electrons. The molecule has 5 aromatic carbocycles. The first-order chi connectivity index (χ1) is 28.2. The molecule has 58 heavy (non-hydrogen) atoms. The molecular weight excluding hydrogens is 717 g/mol. The van der Waals surface area contributed by atoms with Gasteiger partial charge >= 0.3 is 0 Å². The normalized spacial score (nSPS) is 17.9. The zero-order valence-corrected chi connectivity index (χ0v) is 34.0. The van der Waals surface area contributed by atoms with E-state index >= 15 is 0 Å². The van der Waals surface area contributed by atoms with Crippen LogP contribution in [0.1, 0.15) is 77.9 Å². The van der Waals surface area contributed by atoms with E-state index < -0.39 is 0 Å². The Bertz CT molecular complexity index is 2340. The van der Waals surface area contributed by atoms with Crippen LogP contribution in [0.15, 0.2) is 134 Å². The Morgan fingerprint density at radius 1 is 0.621 bits per heavy atom. The first-order valence-electron chi connectivity index (χ1n) is 20.4. The lowest BCUT2D eigenvalue weighted by molar-refractivity contribution is -0.138. The summed E-state index contributed by atoms with van der Waals surface area (Å²) in [6.45, 7) is 5.94. The number of likely N-dealkylation sites (N-methyl/N-ethyl adjacent to an activating group) is 2. The van der Waals surface area contributed by atoms with Crippen molar-refractivity contribution in [2.45, 2.75) is 49.9 Å². The number of carbonyl (C=O) groups is 2. The van der Waals surface area contributed by atoms with Crippen LogP contribution in [0, 0.1) is 6.92 Å². The van der Waals surface area contributed by atoms with Gasteiger partial charge < -0.3 is 14.8 Å². The second-order valence-corrected chi connectivity index (χ2v) is 16.2. The standard InChI is InChI=1S/C50H53N6O2/c1-34-32-41(28-29-42(34)44-18-12-30-55(44)49(57)46(53(2)3)39-14-8-6-9-15-39)37-22-20-35(21-23-37)36-24-26-38(27-25-36)43-33-51-48(52-43)45-19-13-31-56(45)50(58)47(54(4)5)40-16-10-7-11-17-40/h6-11,14-17,20-29,32-33,44-47H,1,12-13,18-19,30-31H2,2-5H3,(H,51,52)/t44-,45-,46+,47+/m0/s1. The van der Waals surface area contributed by atoms with Crippen molar-refractivity contribution in [1.29, 1.82) is 0 Å². The second kappa shape index (κ2) is 16.9. The van der Waals surface area contributed by atoms with Crippen LogP contribution < -0.4 is 0 Å². The summed E-state index contributed by atoms with van der Waals surface area (Å²) < 4.78 is 0. The molecule has 0 unspecified atom stereocenters. The van der Waals surface area contributed by atoms with Gasteiger partial charge in [-0.2, -0.15) is 0 Å². The van der Waals surface area contributed by atoms with Gasteiger partial charge in [-0.05, 0) is 111 Å². The van der Waals surface area contributed by atoms with E-state index in [9.17, 15) is 9.59 Å². The van der Waals surface area contributed by atoms with Gasteiger partial charge in [-0.15, -0.1) is 0 Å². The topological polar surface area (TPSA) is 75.8 Å². The number of hydrogen-bond acceptors (Lipinski definition) is 5. The highest BCUT2D eigenvalue weighted by Crippen LogP contribution is 2.39. The Hall–Kier alpha value is -5.83. The van der Waals surface area contributed by atoms with Crippen molar-refractivity contribution in [2.75, 3.05) is 41.3 Å². The van der Waals surface area contributed by atoms with Gasteiger partial charge in [0.05, 0.1) is 24.0 Å². The summed E-state index contributed by atoms with van der Waals surface area (Å²) in [6.07, 6.45) is 5.63. The number of imidazole rings is 1. The molecule has 0 saturated carbocycles. The summed E-state index contributed by atoms with van der Waals surface area (Å²) in [7, 11) is 7.88. The average Bonchev–Trinajstić information content (AvgIpc) is 4.04. The molecule has 295 valence electrons. The van der Waals surface area contributed by atoms with Crippen LogP contribution in [0.3, 0.4) is 0 Å². The van der Waals surface area contributed by atoms with Crippen LogP contribution in [-0.2, 0) is 9.59 Å². The number of nitrogens with one attached hydrogen (secondary N) is 1. The number of aromatic nitrogens is 2. The minimum absolute atomic E-state index is 0.0151. The maximum atomic E-state index is 14.0. The quantitative estimate of drug-likeness (QED) is 0.142. The minimum atomic E-state index is -0.340. The average molecular weight is 770 g/mol. The van der Waals surface area contributed by atoms with E-state index in [1.165, 1.54) is 0 Å². The van der Waals surface area contributed by atoms with Gasteiger partial charge in [0.15, 0.2) is 0 Å². The molecule has 0 spiro atoms. The van der Waals surface area contributed by atoms with Gasteiger partial charge in [0.25, 0.3) is 0 Å². The van der Waals surface area contributed by atoms with Crippen LogP contribution in [0.4, 0.5) is 0 Å². The maximum Gasteiger partial charge on any atom is 0.245 e. The first-order valence-corrected chi connectivity index (χ1v) is 20.4. The minimum Gasteiger partial charge on any atom is -0.340 e. The fraction of sp³-hybridized carbons (Fsp3) is 0.280. The van der Waals surface area contributed by atoms with Gasteiger partial charge in [-0.3, -0.25) is 19.4 Å². The molecule has 2 aliphatic rings. The van der Waals surface area contributed by atoms with Gasteiger partial charge in [0.2, 0.25) is 11.8 Å². The van der Waals surface area contributed by atoms with Crippen LogP contribution >= 0.6 is 0 Å². The third-order valence-electron chi connectivity index (χ3n) is 12.0. The lowest BCUT2D eigenvalue weighted by Crippen LogP contribution is -2.40. The number of likely N-dealkylation sites (tertiary alicyclic amines) is 2. The number of benzene rings is 5. The van der Waals surface area contributed by atoms with Crippen molar-refractivity contribution in [3.8, 4) is 33.5 Å². The highest BCUT2D eigenvalue weighted by atomic mass is 16.2. The number of carbonyl (C=O) groups excluding carboxylic acids is 2. The molecule has 2 saturated heterocycles. The highest BCUT2D eigenvalue weighted by Gasteiger charge is 2.38. The fourth-order valence-electron chi connectivity index (χ4n) is 9.04. The van der Waals surface area contributed by atoms with Gasteiger partial charge in [0.1, 0.15) is 17.9 Å². The van der Waals surface area contributed by atoms with Crippen molar-refractivity contribution < 1.29 is 9.59 Å². The fourth-order valence-corrected chi connectivity index (χ4v) is 9.04. The molecule has 0 bridgehead atoms. The van der Waals surface area contributed by atoms with E-state index in [4.69, 9.17) is 4.98 Å². The molecule has 8 nitrogen and oxygen atoms in total. The maximum absolute atomic E-state index is 14.0. The first kappa shape index (κ1) is 39.0. The van der Waals surface area contributed by atoms with Crippen LogP contribution in [0.25, 0.3) is 33.5 Å². The Morgan fingerprint density at radius 3 is 1.57 bits per heavy atom. The monoisotopic (exact) mass is 769 g/mol. The number of hydrogen-bond donors (Lipinski definition) is 1. The summed E-state index contributed by atoms with van der Waals surface area (Å²) in [6, 6.07) is 43.0. The summed E-state index contributed by atoms with van der Waals surface area (Å²) in [4.78, 5) is 44.4. The molecule has 4 atom stereocenters. The van der Waals surface area contributed by atoms with Crippen molar-refractivity contribution in [1.82, 2.24) is 29.6 Å². The Morgan fingerprint density at radius 2 is 1.07 bits per heavy atom. The van der Waals surface area contributed by atoms with E-state index in [2.05, 4.69) is 83.5 Å². The molecular formula is C50H53N6O2. The SMILES string of the molecule is [CH2]c1cc(-c2ccc(-c3ccc(-c4cnc([C@@H]5CCCN5C(=O)[C@@H](c5ccccc5)N(C)C)[nH]4)cc3)cc2)ccc1[C@@H]1CCCN1C(=O)[C@@H](c1ccccc1)N(C)C. The predicted octanol–water partition coefficient (Wildman–Crippen LogP) is 9.53. The number of nitrogens with zero attached hydrogens (tertiary/aromatic N) is 5. The second-order valence-electron chi connectivity index (χ2n) is 16.2. The summed E-state index contributed by atoms with van der Waals surface area (Å²) in [5.74, 6) is 1.08. The number of amides is 2. The summed E-state index contributed by atoms with van der Waals surface area (Å²) >= 11 is 0. The molecule has 2 fully saturated rings. The predicted molar refractivity (Wildman–Crippen MR) is 232 cm³/mol. The molecule has 2 amide bonds. The van der Waals surface area contributed by atoms with Crippen molar-refractivity contribution in [3.05, 3.63) is 169 Å². The lowest BCUT2D eigenvalue weighted by atomic mass is 9.93.